The van der Waals surface area contributed by atoms with E-state index in [-0.39, 0.29) is 0 Å². The van der Waals surface area contributed by atoms with Gasteiger partial charge in [0, 0.05) is 45.4 Å². The second kappa shape index (κ2) is 5.89. The molecule has 20 heavy (non-hydrogen) atoms. The Morgan fingerprint density at radius 3 is 2.40 bits per heavy atom. The topological polar surface area (TPSA) is 67.8 Å². The Labute approximate surface area is 120 Å². The predicted molar refractivity (Wildman–Crippen MR) is 82.9 cm³/mol. The summed E-state index contributed by atoms with van der Waals surface area (Å²) in [4.78, 5) is 4.95. The summed E-state index contributed by atoms with van der Waals surface area (Å²) in [6, 6.07) is 6.60. The Morgan fingerprint density at radius 1 is 1.00 bits per heavy atom. The van der Waals surface area contributed by atoms with Gasteiger partial charge in [-0.05, 0) is 25.0 Å². The number of para-hydroxylation sites is 1. The van der Waals surface area contributed by atoms with Crippen molar-refractivity contribution in [2.75, 3.05) is 55.8 Å². The molecule has 5 heteroatoms. The molecule has 2 saturated heterocycles. The summed E-state index contributed by atoms with van der Waals surface area (Å²) in [6.45, 7) is 6.05. The fraction of sp³-hybridized carbons (Fsp3) is 0.600. The van der Waals surface area contributed by atoms with E-state index in [1.54, 1.807) is 0 Å². The molecule has 0 radical (unpaired) electrons. The molecule has 0 aromatic heterocycles. The molecule has 0 amide bonds. The number of piperazine rings is 1. The van der Waals surface area contributed by atoms with Crippen LogP contribution in [0.3, 0.4) is 0 Å². The zero-order valence-electron chi connectivity index (χ0n) is 11.9. The standard InChI is InChI=1S/C15H24N4O/c16-13-2-1-3-14(15(13)17)19-8-6-18(7-9-19)12-4-10-20-11-5-12/h1-3,12H,4-11,16-17H2. The van der Waals surface area contributed by atoms with E-state index in [4.69, 9.17) is 16.2 Å². The van der Waals surface area contributed by atoms with Gasteiger partial charge in [0.1, 0.15) is 0 Å². The third-order valence-corrected chi connectivity index (χ3v) is 4.48. The first-order valence-electron chi connectivity index (χ1n) is 7.46. The molecule has 0 bridgehead atoms. The number of rotatable bonds is 2. The highest BCUT2D eigenvalue weighted by atomic mass is 16.5. The van der Waals surface area contributed by atoms with E-state index in [1.807, 2.05) is 12.1 Å². The van der Waals surface area contributed by atoms with Crippen LogP contribution < -0.4 is 16.4 Å². The Kier molecular flexibility index (Phi) is 3.98. The van der Waals surface area contributed by atoms with Gasteiger partial charge in [-0.25, -0.2) is 0 Å². The minimum atomic E-state index is 0.675. The van der Waals surface area contributed by atoms with Gasteiger partial charge in [0.2, 0.25) is 0 Å². The smallest absolute Gasteiger partial charge is 0.0785 e. The molecule has 2 heterocycles. The van der Waals surface area contributed by atoms with Crippen LogP contribution in [0.1, 0.15) is 12.8 Å². The number of nitrogens with two attached hydrogens (primary N) is 2. The van der Waals surface area contributed by atoms with Crippen molar-refractivity contribution in [3.8, 4) is 0 Å². The van der Waals surface area contributed by atoms with E-state index in [0.29, 0.717) is 17.4 Å². The molecule has 4 N–H and O–H groups in total. The molecule has 5 nitrogen and oxygen atoms in total. The maximum Gasteiger partial charge on any atom is 0.0785 e. The molecule has 2 fully saturated rings. The summed E-state index contributed by atoms with van der Waals surface area (Å²) in [5.74, 6) is 0. The van der Waals surface area contributed by atoms with Crippen LogP contribution in [0.15, 0.2) is 18.2 Å². The van der Waals surface area contributed by atoms with Gasteiger partial charge in [-0.1, -0.05) is 6.07 Å². The Hall–Kier alpha value is -1.46. The maximum atomic E-state index is 6.09. The SMILES string of the molecule is Nc1cccc(N2CCN(C3CCOCC3)CC2)c1N. The number of nitrogen functional groups attached to an aromatic ring is 2. The molecule has 2 aliphatic rings. The molecule has 0 aliphatic carbocycles. The van der Waals surface area contributed by atoms with Crippen LogP contribution in [0.25, 0.3) is 0 Å². The molecule has 0 atom stereocenters. The lowest BCUT2D eigenvalue weighted by Gasteiger charge is -2.41. The summed E-state index contributed by atoms with van der Waals surface area (Å²) < 4.78 is 5.44. The van der Waals surface area contributed by atoms with Gasteiger partial charge < -0.3 is 21.1 Å². The summed E-state index contributed by atoms with van der Waals surface area (Å²) in [5, 5.41) is 0. The number of nitrogens with zero attached hydrogens (tertiary/aromatic N) is 2. The van der Waals surface area contributed by atoms with Gasteiger partial charge in [0.15, 0.2) is 0 Å². The molecular formula is C15H24N4O. The van der Waals surface area contributed by atoms with Gasteiger partial charge in [-0.2, -0.15) is 0 Å². The first kappa shape index (κ1) is 13.5. The largest absolute Gasteiger partial charge is 0.397 e. The minimum absolute atomic E-state index is 0.675. The van der Waals surface area contributed by atoms with E-state index in [1.165, 1.54) is 12.8 Å². The van der Waals surface area contributed by atoms with Crippen molar-refractivity contribution >= 4 is 17.1 Å². The van der Waals surface area contributed by atoms with E-state index in [0.717, 1.165) is 45.1 Å². The molecule has 0 unspecified atom stereocenters. The molecule has 0 spiro atoms. The fourth-order valence-corrected chi connectivity index (χ4v) is 3.22. The first-order chi connectivity index (χ1) is 9.75. The van der Waals surface area contributed by atoms with Crippen LogP contribution in [0.4, 0.5) is 17.1 Å². The fourth-order valence-electron chi connectivity index (χ4n) is 3.22. The van der Waals surface area contributed by atoms with E-state index >= 15 is 0 Å². The third-order valence-electron chi connectivity index (χ3n) is 4.48. The van der Waals surface area contributed by atoms with E-state index in [9.17, 15) is 0 Å². The van der Waals surface area contributed by atoms with Gasteiger partial charge in [-0.15, -0.1) is 0 Å². The molecule has 2 aliphatic heterocycles. The van der Waals surface area contributed by atoms with Crippen molar-refractivity contribution < 1.29 is 4.74 Å². The Morgan fingerprint density at radius 2 is 1.70 bits per heavy atom. The van der Waals surface area contributed by atoms with Crippen molar-refractivity contribution in [2.45, 2.75) is 18.9 Å². The van der Waals surface area contributed by atoms with Crippen LogP contribution >= 0.6 is 0 Å². The van der Waals surface area contributed by atoms with Crippen LogP contribution in [-0.4, -0.2) is 50.3 Å². The molecule has 1 aromatic rings. The van der Waals surface area contributed by atoms with Crippen LogP contribution in [-0.2, 0) is 4.74 Å². The number of anilines is 3. The monoisotopic (exact) mass is 276 g/mol. The highest BCUT2D eigenvalue weighted by molar-refractivity contribution is 5.79. The van der Waals surface area contributed by atoms with Crippen LogP contribution in [0.2, 0.25) is 0 Å². The normalized spacial score (nSPS) is 22.1. The summed E-state index contributed by atoms with van der Waals surface area (Å²) in [5.41, 5.74) is 14.5. The minimum Gasteiger partial charge on any atom is -0.397 e. The van der Waals surface area contributed by atoms with Crippen LogP contribution in [0.5, 0.6) is 0 Å². The quantitative estimate of drug-likeness (QED) is 0.793. The molecule has 110 valence electrons. The lowest BCUT2D eigenvalue weighted by molar-refractivity contribution is 0.0321. The second-order valence-corrected chi connectivity index (χ2v) is 5.65. The average Bonchev–Trinajstić information content (AvgIpc) is 2.51. The van der Waals surface area contributed by atoms with Gasteiger partial charge in [0.25, 0.3) is 0 Å². The van der Waals surface area contributed by atoms with Gasteiger partial charge in [-0.3, -0.25) is 4.90 Å². The predicted octanol–water partition coefficient (Wildman–Crippen LogP) is 1.15. The third kappa shape index (κ3) is 2.69. The number of ether oxygens (including phenoxy) is 1. The number of hydrogen-bond acceptors (Lipinski definition) is 5. The Balaban J connectivity index is 1.62. The first-order valence-corrected chi connectivity index (χ1v) is 7.46. The highest BCUT2D eigenvalue weighted by Gasteiger charge is 2.26. The maximum absolute atomic E-state index is 6.09. The molecular weight excluding hydrogens is 252 g/mol. The lowest BCUT2D eigenvalue weighted by atomic mass is 10.1. The van der Waals surface area contributed by atoms with Crippen LogP contribution in [0, 0.1) is 0 Å². The molecule has 3 rings (SSSR count). The van der Waals surface area contributed by atoms with Gasteiger partial charge >= 0.3 is 0 Å². The zero-order chi connectivity index (χ0) is 13.9. The van der Waals surface area contributed by atoms with E-state index in [2.05, 4.69) is 15.9 Å². The Bertz CT molecular complexity index is 451. The van der Waals surface area contributed by atoms with Gasteiger partial charge in [0.05, 0.1) is 17.1 Å². The zero-order valence-corrected chi connectivity index (χ0v) is 11.9. The lowest BCUT2D eigenvalue weighted by Crippen LogP contribution is -2.51. The summed E-state index contributed by atoms with van der Waals surface area (Å²) in [6.07, 6.45) is 2.33. The molecule has 1 aromatic carbocycles. The van der Waals surface area contributed by atoms with Crippen molar-refractivity contribution in [2.24, 2.45) is 0 Å². The van der Waals surface area contributed by atoms with Crippen molar-refractivity contribution in [1.29, 1.82) is 0 Å². The summed E-state index contributed by atoms with van der Waals surface area (Å²) in [7, 11) is 0. The summed E-state index contributed by atoms with van der Waals surface area (Å²) >= 11 is 0. The average molecular weight is 276 g/mol. The molecule has 0 saturated carbocycles. The van der Waals surface area contributed by atoms with Crippen molar-refractivity contribution in [3.63, 3.8) is 0 Å². The van der Waals surface area contributed by atoms with E-state index < -0.39 is 0 Å². The highest BCUT2D eigenvalue weighted by Crippen LogP contribution is 2.29. The van der Waals surface area contributed by atoms with Crippen molar-refractivity contribution in [1.82, 2.24) is 4.90 Å². The van der Waals surface area contributed by atoms with Crippen molar-refractivity contribution in [3.05, 3.63) is 18.2 Å². The number of hydrogen-bond donors (Lipinski definition) is 2. The number of benzene rings is 1. The second-order valence-electron chi connectivity index (χ2n) is 5.65.